The highest BCUT2D eigenvalue weighted by atomic mass is 15.2. The molecule has 3 atom stereocenters. The SMILES string of the molecule is CC1C2CCNC2CN1C. The van der Waals surface area contributed by atoms with Gasteiger partial charge in [-0.25, -0.2) is 0 Å². The summed E-state index contributed by atoms with van der Waals surface area (Å²) in [6, 6.07) is 1.61. The Morgan fingerprint density at radius 2 is 2.30 bits per heavy atom. The van der Waals surface area contributed by atoms with Crippen molar-refractivity contribution in [1.29, 1.82) is 0 Å². The van der Waals surface area contributed by atoms with Crippen LogP contribution < -0.4 is 5.32 Å². The molecular formula is C8H16N2. The van der Waals surface area contributed by atoms with Crippen LogP contribution in [0.3, 0.4) is 0 Å². The molecule has 0 radical (unpaired) electrons. The highest BCUT2D eigenvalue weighted by Gasteiger charge is 2.39. The second-order valence-electron chi connectivity index (χ2n) is 3.69. The zero-order valence-corrected chi connectivity index (χ0v) is 6.80. The van der Waals surface area contributed by atoms with Crippen molar-refractivity contribution in [2.24, 2.45) is 5.92 Å². The van der Waals surface area contributed by atoms with Crippen LogP contribution in [0.4, 0.5) is 0 Å². The summed E-state index contributed by atoms with van der Waals surface area (Å²) in [5, 5.41) is 3.54. The molecule has 2 fully saturated rings. The number of hydrogen-bond acceptors (Lipinski definition) is 2. The van der Waals surface area contributed by atoms with Gasteiger partial charge in [0.05, 0.1) is 0 Å². The highest BCUT2D eigenvalue weighted by molar-refractivity contribution is 4.97. The first-order valence-electron chi connectivity index (χ1n) is 4.22. The number of rotatable bonds is 0. The van der Waals surface area contributed by atoms with Crippen LogP contribution in [0.2, 0.25) is 0 Å². The van der Waals surface area contributed by atoms with E-state index in [-0.39, 0.29) is 0 Å². The van der Waals surface area contributed by atoms with E-state index in [2.05, 4.69) is 24.2 Å². The Morgan fingerprint density at radius 3 is 3.00 bits per heavy atom. The summed E-state index contributed by atoms with van der Waals surface area (Å²) in [5.41, 5.74) is 0. The molecule has 0 spiro atoms. The fraction of sp³-hybridized carbons (Fsp3) is 1.00. The summed E-state index contributed by atoms with van der Waals surface area (Å²) >= 11 is 0. The van der Waals surface area contributed by atoms with Gasteiger partial charge in [-0.2, -0.15) is 0 Å². The molecule has 1 N–H and O–H groups in total. The molecule has 58 valence electrons. The Hall–Kier alpha value is -0.0800. The average Bonchev–Trinajstić information content (AvgIpc) is 2.41. The lowest BCUT2D eigenvalue weighted by molar-refractivity contribution is 0.288. The third-order valence-corrected chi connectivity index (χ3v) is 3.20. The molecule has 2 heterocycles. The molecule has 0 aromatic rings. The molecule has 2 nitrogen and oxygen atoms in total. The van der Waals surface area contributed by atoms with E-state index in [0.717, 1.165) is 18.0 Å². The quantitative estimate of drug-likeness (QED) is 0.520. The first kappa shape index (κ1) is 6.62. The predicted molar refractivity (Wildman–Crippen MR) is 42.0 cm³/mol. The summed E-state index contributed by atoms with van der Waals surface area (Å²) in [5.74, 6) is 0.935. The molecule has 2 aliphatic heterocycles. The third kappa shape index (κ3) is 0.789. The fourth-order valence-electron chi connectivity index (χ4n) is 2.37. The maximum atomic E-state index is 3.54. The third-order valence-electron chi connectivity index (χ3n) is 3.20. The molecule has 2 aliphatic rings. The van der Waals surface area contributed by atoms with E-state index in [1.807, 2.05) is 0 Å². The number of hydrogen-bond donors (Lipinski definition) is 1. The van der Waals surface area contributed by atoms with E-state index in [1.54, 1.807) is 0 Å². The summed E-state index contributed by atoms with van der Waals surface area (Å²) in [7, 11) is 2.23. The zero-order valence-electron chi connectivity index (χ0n) is 6.80. The Bertz CT molecular complexity index is 133. The number of likely N-dealkylation sites (tertiary alicyclic amines) is 1. The zero-order chi connectivity index (χ0) is 7.14. The minimum Gasteiger partial charge on any atom is -0.312 e. The van der Waals surface area contributed by atoms with E-state index in [4.69, 9.17) is 0 Å². The van der Waals surface area contributed by atoms with Gasteiger partial charge in [-0.15, -0.1) is 0 Å². The minimum absolute atomic E-state index is 0.806. The summed E-state index contributed by atoms with van der Waals surface area (Å²) in [4.78, 5) is 2.46. The van der Waals surface area contributed by atoms with Crippen LogP contribution in [0.25, 0.3) is 0 Å². The van der Waals surface area contributed by atoms with E-state index in [0.29, 0.717) is 0 Å². The Balaban J connectivity index is 2.09. The first-order chi connectivity index (χ1) is 4.79. The second kappa shape index (κ2) is 2.21. The molecule has 3 unspecified atom stereocenters. The molecule has 0 aromatic heterocycles. The summed E-state index contributed by atoms with van der Waals surface area (Å²) in [6.45, 7) is 4.84. The number of fused-ring (bicyclic) bond motifs is 1. The number of likely N-dealkylation sites (N-methyl/N-ethyl adjacent to an activating group) is 1. The summed E-state index contributed by atoms with van der Waals surface area (Å²) in [6.07, 6.45) is 1.39. The van der Waals surface area contributed by atoms with Gasteiger partial charge in [-0.3, -0.25) is 0 Å². The molecule has 0 aliphatic carbocycles. The van der Waals surface area contributed by atoms with Crippen molar-refractivity contribution in [3.63, 3.8) is 0 Å². The Morgan fingerprint density at radius 1 is 1.50 bits per heavy atom. The van der Waals surface area contributed by atoms with Gasteiger partial charge in [0.1, 0.15) is 0 Å². The smallest absolute Gasteiger partial charge is 0.0238 e. The highest BCUT2D eigenvalue weighted by Crippen LogP contribution is 2.29. The van der Waals surface area contributed by atoms with E-state index in [9.17, 15) is 0 Å². The number of nitrogens with zero attached hydrogens (tertiary/aromatic N) is 1. The van der Waals surface area contributed by atoms with E-state index in [1.165, 1.54) is 19.5 Å². The summed E-state index contributed by atoms with van der Waals surface area (Å²) < 4.78 is 0. The van der Waals surface area contributed by atoms with Gasteiger partial charge in [0.25, 0.3) is 0 Å². The second-order valence-corrected chi connectivity index (χ2v) is 3.69. The molecule has 0 aromatic carbocycles. The maximum Gasteiger partial charge on any atom is 0.0238 e. The molecule has 10 heavy (non-hydrogen) atoms. The van der Waals surface area contributed by atoms with Gasteiger partial charge >= 0.3 is 0 Å². The van der Waals surface area contributed by atoms with E-state index < -0.39 is 0 Å². The molecule has 2 heteroatoms. The van der Waals surface area contributed by atoms with Crippen LogP contribution >= 0.6 is 0 Å². The normalized spacial score (nSPS) is 48.0. The fourth-order valence-corrected chi connectivity index (χ4v) is 2.37. The molecule has 2 rings (SSSR count). The van der Waals surface area contributed by atoms with Gasteiger partial charge in [-0.1, -0.05) is 0 Å². The van der Waals surface area contributed by atoms with Gasteiger partial charge in [0.15, 0.2) is 0 Å². The molecule has 0 amide bonds. The van der Waals surface area contributed by atoms with Gasteiger partial charge in [-0.05, 0) is 32.9 Å². The lowest BCUT2D eigenvalue weighted by atomic mass is 9.98. The van der Waals surface area contributed by atoms with Gasteiger partial charge < -0.3 is 10.2 Å². The van der Waals surface area contributed by atoms with Crippen molar-refractivity contribution in [2.45, 2.75) is 25.4 Å². The van der Waals surface area contributed by atoms with Crippen molar-refractivity contribution in [3.8, 4) is 0 Å². The molecular weight excluding hydrogens is 124 g/mol. The van der Waals surface area contributed by atoms with Crippen LogP contribution in [-0.4, -0.2) is 37.1 Å². The predicted octanol–water partition coefficient (Wildman–Crippen LogP) is 0.298. The standard InChI is InChI=1S/C8H16N2/c1-6-7-3-4-9-8(7)5-10(6)2/h6-9H,3-5H2,1-2H3. The van der Waals surface area contributed by atoms with Crippen LogP contribution in [-0.2, 0) is 0 Å². The molecule has 0 saturated carbocycles. The monoisotopic (exact) mass is 140 g/mol. The van der Waals surface area contributed by atoms with Gasteiger partial charge in [0, 0.05) is 18.6 Å². The molecule has 0 bridgehead atoms. The largest absolute Gasteiger partial charge is 0.312 e. The van der Waals surface area contributed by atoms with Crippen LogP contribution in [0, 0.1) is 5.92 Å². The minimum atomic E-state index is 0.806. The Labute approximate surface area is 62.6 Å². The van der Waals surface area contributed by atoms with Crippen molar-refractivity contribution < 1.29 is 0 Å². The van der Waals surface area contributed by atoms with Crippen molar-refractivity contribution in [1.82, 2.24) is 10.2 Å². The Kier molecular flexibility index (Phi) is 1.46. The molecule has 2 saturated heterocycles. The van der Waals surface area contributed by atoms with Crippen LogP contribution in [0.15, 0.2) is 0 Å². The first-order valence-corrected chi connectivity index (χ1v) is 4.22. The lowest BCUT2D eigenvalue weighted by Crippen LogP contribution is -2.28. The van der Waals surface area contributed by atoms with Crippen LogP contribution in [0.5, 0.6) is 0 Å². The average molecular weight is 140 g/mol. The van der Waals surface area contributed by atoms with Crippen molar-refractivity contribution in [3.05, 3.63) is 0 Å². The van der Waals surface area contributed by atoms with Gasteiger partial charge in [0.2, 0.25) is 0 Å². The van der Waals surface area contributed by atoms with E-state index >= 15 is 0 Å². The maximum absolute atomic E-state index is 3.54. The van der Waals surface area contributed by atoms with Crippen molar-refractivity contribution >= 4 is 0 Å². The van der Waals surface area contributed by atoms with Crippen LogP contribution in [0.1, 0.15) is 13.3 Å². The van der Waals surface area contributed by atoms with Crippen molar-refractivity contribution in [2.75, 3.05) is 20.1 Å². The number of nitrogens with one attached hydrogen (secondary N) is 1. The lowest BCUT2D eigenvalue weighted by Gasteiger charge is -2.17. The topological polar surface area (TPSA) is 15.3 Å².